The molecule has 80 heavy (non-hydrogen) atoms. The maximum atomic E-state index is 12.5. The van der Waals surface area contributed by atoms with Crippen LogP contribution in [0.3, 0.4) is 0 Å². The van der Waals surface area contributed by atoms with Crippen molar-refractivity contribution in [1.82, 2.24) is 0 Å². The molecule has 0 aromatic heterocycles. The summed E-state index contributed by atoms with van der Waals surface area (Å²) in [6.07, 6.45) is 0. The van der Waals surface area contributed by atoms with Crippen LogP contribution in [-0.2, 0) is 9.32 Å². The van der Waals surface area contributed by atoms with E-state index in [1.54, 1.807) is 31.4 Å². The molecule has 0 saturated heterocycles. The van der Waals surface area contributed by atoms with Crippen LogP contribution in [0.15, 0.2) is 194 Å². The van der Waals surface area contributed by atoms with Crippen LogP contribution in [0.2, 0.25) is 5.02 Å². The summed E-state index contributed by atoms with van der Waals surface area (Å²) in [5.41, 5.74) is 7.38. The van der Waals surface area contributed by atoms with Crippen molar-refractivity contribution in [2.75, 3.05) is 7.11 Å². The van der Waals surface area contributed by atoms with Gasteiger partial charge in [-0.2, -0.15) is 5.90 Å². The molecule has 0 atom stereocenters. The largest absolute Gasteiger partial charge is 0.508 e. The van der Waals surface area contributed by atoms with Crippen LogP contribution in [0.5, 0.6) is 28.7 Å². The van der Waals surface area contributed by atoms with E-state index < -0.39 is 0 Å². The van der Waals surface area contributed by atoms with Gasteiger partial charge in [0.15, 0.2) is 0 Å². The molecule has 9 aromatic rings. The van der Waals surface area contributed by atoms with Gasteiger partial charge >= 0.3 is 0 Å². The van der Waals surface area contributed by atoms with E-state index in [1.807, 2.05) is 109 Å². The van der Waals surface area contributed by atoms with Crippen molar-refractivity contribution in [1.29, 1.82) is 0 Å². The average Bonchev–Trinajstić information content (AvgIpc) is 3.45. The molecule has 0 amide bonds. The maximum absolute atomic E-state index is 12.5. The van der Waals surface area contributed by atoms with E-state index in [-0.39, 0.29) is 11.6 Å². The lowest BCUT2D eigenvalue weighted by molar-refractivity contribution is -0.199. The Hall–Kier alpha value is -6.92. The maximum Gasteiger partial charge on any atom is 0.260 e. The molecule has 0 aliphatic heterocycles. The van der Waals surface area contributed by atoms with Crippen LogP contribution in [0, 0.1) is 11.6 Å². The number of fused-ring (bicyclic) bond motifs is 2. The summed E-state index contributed by atoms with van der Waals surface area (Å²) >= 11 is 6.62. The fraction of sp³-hybridized carbons (Fsp3) is 0.275. The summed E-state index contributed by atoms with van der Waals surface area (Å²) in [7, 11) is 1.62. The predicted molar refractivity (Wildman–Crippen MR) is 332 cm³/mol. The van der Waals surface area contributed by atoms with Gasteiger partial charge in [-0.1, -0.05) is 210 Å². The van der Waals surface area contributed by atoms with Gasteiger partial charge in [0.2, 0.25) is 0 Å². The average molecular weight is 1120 g/mol. The number of para-hydroxylation sites is 2. The van der Waals surface area contributed by atoms with Crippen molar-refractivity contribution in [3.05, 3.63) is 244 Å². The zero-order valence-electron chi connectivity index (χ0n) is 48.5. The number of ether oxygens (including phenoxy) is 2. The van der Waals surface area contributed by atoms with Crippen LogP contribution in [0.1, 0.15) is 152 Å². The third-order valence-corrected chi connectivity index (χ3v) is 13.3. The van der Waals surface area contributed by atoms with Crippen molar-refractivity contribution in [3.63, 3.8) is 0 Å². The topological polar surface area (TPSA) is 92.4 Å². The Morgan fingerprint density at radius 2 is 0.912 bits per heavy atom. The first-order valence-electron chi connectivity index (χ1n) is 27.0. The van der Waals surface area contributed by atoms with Gasteiger partial charge in [-0.05, 0) is 169 Å². The van der Waals surface area contributed by atoms with Crippen molar-refractivity contribution < 1.29 is 36.9 Å². The lowest BCUT2D eigenvalue weighted by atomic mass is 9.99. The molecule has 0 aliphatic carbocycles. The monoisotopic (exact) mass is 1120 g/mol. The number of rotatable bonds is 13. The van der Waals surface area contributed by atoms with Gasteiger partial charge in [-0.15, -0.1) is 9.32 Å². The van der Waals surface area contributed by atoms with Crippen molar-refractivity contribution in [2.24, 2.45) is 5.90 Å². The predicted octanol–water partition coefficient (Wildman–Crippen LogP) is 21.4. The van der Waals surface area contributed by atoms with Crippen molar-refractivity contribution >= 4 is 45.5 Å². The number of phenols is 1. The molecule has 0 saturated carbocycles. The third-order valence-electron chi connectivity index (χ3n) is 12.6. The first kappa shape index (κ1) is 65.6. The summed E-state index contributed by atoms with van der Waals surface area (Å²) in [6.45, 7) is 25.6. The Labute approximate surface area is 484 Å². The minimum Gasteiger partial charge on any atom is -0.508 e. The zero-order valence-corrected chi connectivity index (χ0v) is 50.1. The van der Waals surface area contributed by atoms with Crippen LogP contribution in [0.25, 0.3) is 21.5 Å². The van der Waals surface area contributed by atoms with Gasteiger partial charge in [0.25, 0.3) is 12.3 Å². The lowest BCUT2D eigenvalue weighted by Gasteiger charge is -2.13. The van der Waals surface area contributed by atoms with Gasteiger partial charge < -0.3 is 18.8 Å². The second kappa shape index (κ2) is 34.3. The highest BCUT2D eigenvalue weighted by Gasteiger charge is 2.09. The number of halogens is 3. The number of phenolic OH excluding ortho intramolecular Hbond substituents is 1. The van der Waals surface area contributed by atoms with E-state index >= 15 is 0 Å². The molecule has 3 N–H and O–H groups in total. The molecule has 0 radical (unpaired) electrons. The highest BCUT2D eigenvalue weighted by Crippen LogP contribution is 2.32. The number of nitrogens with two attached hydrogens (primary N) is 1. The smallest absolute Gasteiger partial charge is 0.260 e. The Bertz CT molecular complexity index is 3220. The van der Waals surface area contributed by atoms with Gasteiger partial charge in [-0.3, -0.25) is 0 Å². The SMILES string of the molecule is CC(C)c1ccc(F)cc1.CC(C)c1ccc2cc(O)ccc2c1.CC(C)c1ccc2cc(OSOON)ccc2c1.CC(C)c1cccc(F)c1.CC(C)c1ccccc1Oc1ccccc1.COc1ccc(C(C)C)cc1Cl. The minimum atomic E-state index is -0.163. The van der Waals surface area contributed by atoms with Gasteiger partial charge in [0.1, 0.15) is 40.4 Å². The van der Waals surface area contributed by atoms with E-state index in [0.717, 1.165) is 33.6 Å². The molecular weight excluding hydrogens is 1040 g/mol. The lowest BCUT2D eigenvalue weighted by Crippen LogP contribution is -1.95. The fourth-order valence-electron chi connectivity index (χ4n) is 7.75. The molecule has 9 rings (SSSR count). The summed E-state index contributed by atoms with van der Waals surface area (Å²) < 4.78 is 45.4. The Kier molecular flexibility index (Phi) is 28.1. The number of methoxy groups -OCH3 is 1. The summed E-state index contributed by atoms with van der Waals surface area (Å²) in [6, 6.07) is 61.4. The summed E-state index contributed by atoms with van der Waals surface area (Å²) in [4.78, 5) is 3.93. The normalized spacial score (nSPS) is 10.7. The van der Waals surface area contributed by atoms with Crippen LogP contribution < -0.4 is 19.6 Å². The zero-order chi connectivity index (χ0) is 58.7. The highest BCUT2D eigenvalue weighted by atomic mass is 35.5. The molecule has 9 aromatic carbocycles. The Morgan fingerprint density at radius 1 is 0.425 bits per heavy atom. The standard InChI is InChI=1S/C15H16O.C13H15NO3S.C13H14O.C10H13ClO.2C9H11F/c1-12(2)14-10-6-7-11-15(14)16-13-8-4-3-5-9-13;1-9(2)10-3-4-12-8-13(15-18-17-16-14)6-5-11(12)7-10;1-9(2)10-3-4-12-8-13(14)6-5-11(12)7-10;1-7(2)8-4-5-10(12-3)9(11)6-8;1-7(2)8-3-5-9(10)6-4-8;1-7(2)8-4-3-5-9(10)6-8/h3-12H,1-2H3;3-9H,14H2,1-2H3;3-9,14H,1-2H3;4-7H,1-3H3;2*3-7H,1-2H3. The van der Waals surface area contributed by atoms with E-state index in [0.29, 0.717) is 64.4 Å². The molecular formula is C69H80ClF2NO6S. The third kappa shape index (κ3) is 22.7. The molecule has 7 nitrogen and oxygen atoms in total. The molecule has 0 spiro atoms. The van der Waals surface area contributed by atoms with Crippen LogP contribution in [-0.4, -0.2) is 12.2 Å². The van der Waals surface area contributed by atoms with Crippen molar-refractivity contribution in [3.8, 4) is 28.7 Å². The Morgan fingerprint density at radius 3 is 1.44 bits per heavy atom. The van der Waals surface area contributed by atoms with E-state index in [9.17, 15) is 13.9 Å². The number of benzene rings is 9. The van der Waals surface area contributed by atoms with E-state index in [4.69, 9.17) is 31.2 Å². The summed E-state index contributed by atoms with van der Waals surface area (Å²) in [5, 5.41) is 14.6. The number of hydrogen-bond donors (Lipinski definition) is 2. The second-order valence-corrected chi connectivity index (χ2v) is 21.6. The first-order valence-corrected chi connectivity index (χ1v) is 28.0. The summed E-state index contributed by atoms with van der Waals surface area (Å²) in [5.74, 6) is 10.9. The molecule has 0 unspecified atom stereocenters. The van der Waals surface area contributed by atoms with E-state index in [1.165, 1.54) is 56.8 Å². The molecule has 0 fully saturated rings. The molecule has 11 heteroatoms. The molecule has 424 valence electrons. The molecule has 0 heterocycles. The first-order chi connectivity index (χ1) is 38.2. The van der Waals surface area contributed by atoms with Crippen LogP contribution >= 0.6 is 23.9 Å². The van der Waals surface area contributed by atoms with Gasteiger partial charge in [-0.25, -0.2) is 8.78 Å². The van der Waals surface area contributed by atoms with Gasteiger partial charge in [0.05, 0.1) is 12.1 Å². The number of hydrogen-bond acceptors (Lipinski definition) is 8. The number of aromatic hydroxyl groups is 1. The van der Waals surface area contributed by atoms with Crippen LogP contribution in [0.4, 0.5) is 8.78 Å². The van der Waals surface area contributed by atoms with Crippen molar-refractivity contribution in [2.45, 2.75) is 119 Å². The Balaban J connectivity index is 0.000000209. The van der Waals surface area contributed by atoms with E-state index in [2.05, 4.69) is 135 Å². The minimum absolute atomic E-state index is 0.147. The van der Waals surface area contributed by atoms with Gasteiger partial charge in [0, 0.05) is 0 Å². The fourth-order valence-corrected chi connectivity index (χ4v) is 8.26. The highest BCUT2D eigenvalue weighted by molar-refractivity contribution is 7.90. The molecule has 0 aliphatic rings. The quantitative estimate of drug-likeness (QED) is 0.0511. The second-order valence-electron chi connectivity index (χ2n) is 20.8. The molecule has 0 bridgehead atoms.